The minimum atomic E-state index is -3.55. The van der Waals surface area contributed by atoms with E-state index in [0.29, 0.717) is 42.5 Å². The van der Waals surface area contributed by atoms with Crippen molar-refractivity contribution in [2.45, 2.75) is 38.0 Å². The van der Waals surface area contributed by atoms with Crippen LogP contribution in [-0.2, 0) is 17.1 Å². The van der Waals surface area contributed by atoms with Crippen LogP contribution in [0.25, 0.3) is 0 Å². The number of aromatic nitrogens is 4. The highest BCUT2D eigenvalue weighted by Crippen LogP contribution is 2.25. The molecule has 0 amide bonds. The van der Waals surface area contributed by atoms with E-state index in [-0.39, 0.29) is 0 Å². The minimum Gasteiger partial charge on any atom is -0.354 e. The third kappa shape index (κ3) is 3.83. The van der Waals surface area contributed by atoms with Crippen molar-refractivity contribution >= 4 is 21.8 Å². The standard InChI is InChI=1S/C19H29N7O2S/c1-15-18(16(2)23(3)22-15)29(27,28)26-13-11-24(12-14-26)17-7-8-20-19(21-17)25-9-5-4-6-10-25/h7-8H,4-6,9-14H2,1-3H3. The zero-order valence-corrected chi connectivity index (χ0v) is 18.2. The summed E-state index contributed by atoms with van der Waals surface area (Å²) in [5, 5.41) is 4.27. The van der Waals surface area contributed by atoms with Gasteiger partial charge < -0.3 is 9.80 Å². The molecule has 9 nitrogen and oxygen atoms in total. The summed E-state index contributed by atoms with van der Waals surface area (Å²) in [6.45, 7) is 7.62. The number of aryl methyl sites for hydroxylation is 2. The Morgan fingerprint density at radius 1 is 0.931 bits per heavy atom. The van der Waals surface area contributed by atoms with Gasteiger partial charge in [-0.15, -0.1) is 0 Å². The number of hydrogen-bond donors (Lipinski definition) is 0. The van der Waals surface area contributed by atoms with E-state index in [1.807, 2.05) is 6.07 Å². The molecule has 0 N–H and O–H groups in total. The zero-order chi connectivity index (χ0) is 20.6. The lowest BCUT2D eigenvalue weighted by atomic mass is 10.1. The maximum absolute atomic E-state index is 13.2. The topological polar surface area (TPSA) is 87.5 Å². The average Bonchev–Trinajstić information content (AvgIpc) is 3.01. The maximum atomic E-state index is 13.2. The van der Waals surface area contributed by atoms with E-state index < -0.39 is 10.0 Å². The van der Waals surface area contributed by atoms with Crippen LogP contribution >= 0.6 is 0 Å². The van der Waals surface area contributed by atoms with E-state index in [1.54, 1.807) is 36.1 Å². The SMILES string of the molecule is Cc1nn(C)c(C)c1S(=O)(=O)N1CCN(c2ccnc(N3CCCCC3)n2)CC1. The van der Waals surface area contributed by atoms with Crippen LogP contribution in [0.2, 0.25) is 0 Å². The normalized spacial score (nSPS) is 19.0. The quantitative estimate of drug-likeness (QED) is 0.739. The molecule has 0 saturated carbocycles. The van der Waals surface area contributed by atoms with Gasteiger partial charge in [0.25, 0.3) is 0 Å². The van der Waals surface area contributed by atoms with E-state index in [4.69, 9.17) is 4.98 Å². The first-order chi connectivity index (χ1) is 13.9. The number of rotatable bonds is 4. The minimum absolute atomic E-state index is 0.336. The summed E-state index contributed by atoms with van der Waals surface area (Å²) in [6, 6.07) is 1.91. The molecule has 158 valence electrons. The van der Waals surface area contributed by atoms with Crippen molar-refractivity contribution in [2.24, 2.45) is 7.05 Å². The Kier molecular flexibility index (Phi) is 5.48. The third-order valence-corrected chi connectivity index (χ3v) is 8.02. The number of anilines is 2. The van der Waals surface area contributed by atoms with Gasteiger partial charge in [-0.05, 0) is 39.2 Å². The van der Waals surface area contributed by atoms with Gasteiger partial charge in [-0.25, -0.2) is 13.4 Å². The van der Waals surface area contributed by atoms with Gasteiger partial charge in [-0.1, -0.05) is 0 Å². The second-order valence-electron chi connectivity index (χ2n) is 7.78. The molecule has 0 spiro atoms. The largest absolute Gasteiger partial charge is 0.354 e. The number of sulfonamides is 1. The summed E-state index contributed by atoms with van der Waals surface area (Å²) in [5.74, 6) is 1.64. The monoisotopic (exact) mass is 419 g/mol. The molecule has 4 heterocycles. The van der Waals surface area contributed by atoms with Crippen molar-refractivity contribution in [3.63, 3.8) is 0 Å². The van der Waals surface area contributed by atoms with Crippen molar-refractivity contribution in [3.8, 4) is 0 Å². The van der Waals surface area contributed by atoms with E-state index in [2.05, 4.69) is 19.9 Å². The average molecular weight is 420 g/mol. The first-order valence-electron chi connectivity index (χ1n) is 10.2. The molecule has 0 aromatic carbocycles. The van der Waals surface area contributed by atoms with Crippen molar-refractivity contribution < 1.29 is 8.42 Å². The van der Waals surface area contributed by atoms with Crippen LogP contribution in [0.1, 0.15) is 30.7 Å². The molecule has 0 bridgehead atoms. The molecule has 2 aromatic rings. The summed E-state index contributed by atoms with van der Waals surface area (Å²) in [6.07, 6.45) is 5.43. The fourth-order valence-electron chi connectivity index (χ4n) is 4.18. The van der Waals surface area contributed by atoms with Crippen molar-refractivity contribution in [3.05, 3.63) is 23.7 Å². The number of piperidine rings is 1. The molecule has 0 radical (unpaired) electrons. The van der Waals surface area contributed by atoms with Crippen LogP contribution in [0.5, 0.6) is 0 Å². The van der Waals surface area contributed by atoms with Gasteiger partial charge in [0.05, 0.1) is 11.4 Å². The lowest BCUT2D eigenvalue weighted by Crippen LogP contribution is -2.49. The predicted molar refractivity (Wildman–Crippen MR) is 112 cm³/mol. The molecule has 2 aliphatic rings. The van der Waals surface area contributed by atoms with E-state index >= 15 is 0 Å². The molecule has 10 heteroatoms. The number of nitrogens with zero attached hydrogens (tertiary/aromatic N) is 7. The number of piperazine rings is 1. The third-order valence-electron chi connectivity index (χ3n) is 5.87. The summed E-state index contributed by atoms with van der Waals surface area (Å²) < 4.78 is 29.5. The number of hydrogen-bond acceptors (Lipinski definition) is 7. The van der Waals surface area contributed by atoms with Crippen molar-refractivity contribution in [2.75, 3.05) is 49.1 Å². The van der Waals surface area contributed by atoms with Gasteiger partial charge in [0.15, 0.2) is 0 Å². The molecular formula is C19H29N7O2S. The van der Waals surface area contributed by atoms with Gasteiger partial charge in [0.2, 0.25) is 16.0 Å². The Morgan fingerprint density at radius 3 is 2.24 bits per heavy atom. The highest BCUT2D eigenvalue weighted by Gasteiger charge is 2.33. The molecule has 2 aliphatic heterocycles. The van der Waals surface area contributed by atoms with Gasteiger partial charge in [-0.3, -0.25) is 4.68 Å². The summed E-state index contributed by atoms with van der Waals surface area (Å²) in [4.78, 5) is 13.9. The predicted octanol–water partition coefficient (Wildman–Crippen LogP) is 1.33. The van der Waals surface area contributed by atoms with Crippen molar-refractivity contribution in [1.29, 1.82) is 0 Å². The molecule has 0 atom stereocenters. The van der Waals surface area contributed by atoms with E-state index in [1.165, 1.54) is 19.3 Å². The Hall–Kier alpha value is -2.20. The fraction of sp³-hybridized carbons (Fsp3) is 0.632. The van der Waals surface area contributed by atoms with Crippen LogP contribution < -0.4 is 9.80 Å². The van der Waals surface area contributed by atoms with Gasteiger partial charge in [-0.2, -0.15) is 14.4 Å². The van der Waals surface area contributed by atoms with Crippen LogP contribution in [0, 0.1) is 13.8 Å². The lowest BCUT2D eigenvalue weighted by Gasteiger charge is -2.35. The molecule has 2 saturated heterocycles. The molecule has 4 rings (SSSR count). The van der Waals surface area contributed by atoms with Crippen LogP contribution in [0.3, 0.4) is 0 Å². The molecule has 0 aliphatic carbocycles. The van der Waals surface area contributed by atoms with E-state index in [9.17, 15) is 8.42 Å². The Balaban J connectivity index is 1.47. The van der Waals surface area contributed by atoms with Crippen LogP contribution in [-0.4, -0.2) is 71.7 Å². The molecule has 2 fully saturated rings. The summed E-state index contributed by atoms with van der Waals surface area (Å²) in [7, 11) is -1.78. The second-order valence-corrected chi connectivity index (χ2v) is 9.65. The van der Waals surface area contributed by atoms with Gasteiger partial charge >= 0.3 is 0 Å². The van der Waals surface area contributed by atoms with Crippen molar-refractivity contribution in [1.82, 2.24) is 24.1 Å². The van der Waals surface area contributed by atoms with Crippen LogP contribution in [0.4, 0.5) is 11.8 Å². The maximum Gasteiger partial charge on any atom is 0.246 e. The first kappa shape index (κ1) is 20.1. The van der Waals surface area contributed by atoms with Gasteiger partial charge in [0.1, 0.15) is 10.7 Å². The molecule has 0 unspecified atom stereocenters. The highest BCUT2D eigenvalue weighted by atomic mass is 32.2. The zero-order valence-electron chi connectivity index (χ0n) is 17.4. The fourth-order valence-corrected chi connectivity index (χ4v) is 6.00. The lowest BCUT2D eigenvalue weighted by molar-refractivity contribution is 0.383. The smallest absolute Gasteiger partial charge is 0.246 e. The first-order valence-corrected chi connectivity index (χ1v) is 11.7. The Morgan fingerprint density at radius 2 is 1.62 bits per heavy atom. The summed E-state index contributed by atoms with van der Waals surface area (Å²) >= 11 is 0. The van der Waals surface area contributed by atoms with E-state index in [0.717, 1.165) is 24.9 Å². The summed E-state index contributed by atoms with van der Waals surface area (Å²) in [5.41, 5.74) is 1.22. The Bertz CT molecular complexity index is 974. The molecule has 29 heavy (non-hydrogen) atoms. The van der Waals surface area contributed by atoms with Gasteiger partial charge in [0, 0.05) is 52.5 Å². The van der Waals surface area contributed by atoms with Crippen LogP contribution in [0.15, 0.2) is 17.2 Å². The highest BCUT2D eigenvalue weighted by molar-refractivity contribution is 7.89. The molecule has 2 aromatic heterocycles. The second kappa shape index (κ2) is 7.91. The Labute approximate surface area is 172 Å². The molecular weight excluding hydrogens is 390 g/mol.